The molecule has 0 aliphatic heterocycles. The molecule has 2 aromatic heterocycles. The van der Waals surface area contributed by atoms with Gasteiger partial charge in [-0.15, -0.1) is 0 Å². The van der Waals surface area contributed by atoms with Crippen LogP contribution in [0.4, 0.5) is 11.4 Å². The number of anilines is 1. The zero-order valence-corrected chi connectivity index (χ0v) is 15.0. The molecule has 0 saturated carbocycles. The van der Waals surface area contributed by atoms with Crippen molar-refractivity contribution in [1.29, 1.82) is 0 Å². The molecule has 0 unspecified atom stereocenters. The number of methoxy groups -OCH3 is 1. The fourth-order valence-corrected chi connectivity index (χ4v) is 2.45. The van der Waals surface area contributed by atoms with Gasteiger partial charge in [0.15, 0.2) is 0 Å². The number of rotatable bonds is 7. The van der Waals surface area contributed by atoms with Crippen molar-refractivity contribution in [2.45, 2.75) is 6.54 Å². The van der Waals surface area contributed by atoms with Gasteiger partial charge in [0.1, 0.15) is 17.8 Å². The van der Waals surface area contributed by atoms with E-state index < -0.39 is 10.9 Å². The maximum Gasteiger partial charge on any atom is 0.330 e. The van der Waals surface area contributed by atoms with Gasteiger partial charge in [0, 0.05) is 37.3 Å². The number of pyridine rings is 1. The third-order valence-corrected chi connectivity index (χ3v) is 3.89. The lowest BCUT2D eigenvalue weighted by Gasteiger charge is -2.08. The van der Waals surface area contributed by atoms with Gasteiger partial charge in [-0.05, 0) is 29.3 Å². The Balaban J connectivity index is 1.72. The second-order valence-corrected chi connectivity index (χ2v) is 5.74. The Kier molecular flexibility index (Phi) is 5.75. The number of carbonyl (C=O) groups is 1. The molecular formula is C19H17N5O4. The number of hydrogen-bond donors (Lipinski definition) is 1. The first kappa shape index (κ1) is 18.8. The predicted octanol–water partition coefficient (Wildman–Crippen LogP) is 2.97. The van der Waals surface area contributed by atoms with Crippen LogP contribution in [0.3, 0.4) is 0 Å². The lowest BCUT2D eigenvalue weighted by molar-refractivity contribution is -0.384. The third kappa shape index (κ3) is 4.58. The van der Waals surface area contributed by atoms with Gasteiger partial charge in [0.2, 0.25) is 0 Å². The van der Waals surface area contributed by atoms with Crippen LogP contribution in [0.5, 0.6) is 0 Å². The van der Waals surface area contributed by atoms with Crippen LogP contribution in [0.15, 0.2) is 61.3 Å². The predicted molar refractivity (Wildman–Crippen MR) is 103 cm³/mol. The summed E-state index contributed by atoms with van der Waals surface area (Å²) in [6.45, 7) is 0.370. The molecule has 3 aromatic rings. The molecule has 142 valence electrons. The monoisotopic (exact) mass is 379 g/mol. The molecule has 0 amide bonds. The van der Waals surface area contributed by atoms with E-state index in [4.69, 9.17) is 0 Å². The molecule has 0 fully saturated rings. The van der Waals surface area contributed by atoms with E-state index in [1.165, 1.54) is 25.3 Å². The molecule has 9 heteroatoms. The average Bonchev–Trinajstić information content (AvgIpc) is 3.26. The molecule has 0 atom stereocenters. The highest BCUT2D eigenvalue weighted by molar-refractivity contribution is 5.87. The summed E-state index contributed by atoms with van der Waals surface area (Å²) in [7, 11) is 1.26. The summed E-state index contributed by atoms with van der Waals surface area (Å²) in [4.78, 5) is 30.4. The first-order chi connectivity index (χ1) is 13.6. The normalized spacial score (nSPS) is 10.8. The topological polar surface area (TPSA) is 112 Å². The van der Waals surface area contributed by atoms with Gasteiger partial charge in [0.25, 0.3) is 5.69 Å². The Morgan fingerprint density at radius 2 is 2.21 bits per heavy atom. The largest absolute Gasteiger partial charge is 0.466 e. The number of nitrogens with zero attached hydrogens (tertiary/aromatic N) is 4. The fourth-order valence-electron chi connectivity index (χ4n) is 2.45. The van der Waals surface area contributed by atoms with Gasteiger partial charge in [-0.3, -0.25) is 14.7 Å². The lowest BCUT2D eigenvalue weighted by Crippen LogP contribution is -2.04. The molecule has 9 nitrogen and oxygen atoms in total. The number of aromatic nitrogens is 3. The van der Waals surface area contributed by atoms with Gasteiger partial charge < -0.3 is 10.1 Å². The molecule has 0 bridgehead atoms. The zero-order valence-electron chi connectivity index (χ0n) is 15.0. The summed E-state index contributed by atoms with van der Waals surface area (Å²) < 4.78 is 6.29. The lowest BCUT2D eigenvalue weighted by atomic mass is 10.1. The van der Waals surface area contributed by atoms with E-state index in [1.54, 1.807) is 41.6 Å². The van der Waals surface area contributed by atoms with E-state index in [-0.39, 0.29) is 5.69 Å². The van der Waals surface area contributed by atoms with E-state index >= 15 is 0 Å². The van der Waals surface area contributed by atoms with Gasteiger partial charge in [0.05, 0.1) is 12.0 Å². The van der Waals surface area contributed by atoms with E-state index in [1.807, 2.05) is 12.1 Å². The van der Waals surface area contributed by atoms with Crippen LogP contribution in [0.25, 0.3) is 11.9 Å². The van der Waals surface area contributed by atoms with Crippen LogP contribution in [-0.2, 0) is 16.1 Å². The van der Waals surface area contributed by atoms with Gasteiger partial charge in [-0.1, -0.05) is 12.1 Å². The van der Waals surface area contributed by atoms with E-state index in [9.17, 15) is 14.9 Å². The van der Waals surface area contributed by atoms with Crippen LogP contribution >= 0.6 is 0 Å². The van der Waals surface area contributed by atoms with Crippen LogP contribution in [0.1, 0.15) is 11.1 Å². The molecule has 0 radical (unpaired) electrons. The van der Waals surface area contributed by atoms with Crippen molar-refractivity contribution in [1.82, 2.24) is 14.5 Å². The molecule has 0 aliphatic carbocycles. The summed E-state index contributed by atoms with van der Waals surface area (Å²) >= 11 is 0. The highest BCUT2D eigenvalue weighted by Gasteiger charge is 2.14. The minimum atomic E-state index is -0.531. The van der Waals surface area contributed by atoms with Crippen molar-refractivity contribution >= 4 is 23.4 Å². The second kappa shape index (κ2) is 8.58. The van der Waals surface area contributed by atoms with E-state index in [0.717, 1.165) is 11.4 Å². The summed E-state index contributed by atoms with van der Waals surface area (Å²) in [5, 5.41) is 14.4. The molecule has 2 heterocycles. The van der Waals surface area contributed by atoms with E-state index in [0.29, 0.717) is 17.8 Å². The number of nitro groups is 1. The van der Waals surface area contributed by atoms with Crippen molar-refractivity contribution < 1.29 is 14.5 Å². The van der Waals surface area contributed by atoms with Crippen molar-refractivity contribution in [3.63, 3.8) is 0 Å². The number of hydrogen-bond acceptors (Lipinski definition) is 7. The van der Waals surface area contributed by atoms with Crippen molar-refractivity contribution in [2.75, 3.05) is 12.4 Å². The van der Waals surface area contributed by atoms with Gasteiger partial charge in [-0.2, -0.15) is 0 Å². The molecule has 28 heavy (non-hydrogen) atoms. The summed E-state index contributed by atoms with van der Waals surface area (Å²) in [5.41, 5.74) is 1.68. The fraction of sp³-hybridized carbons (Fsp3) is 0.105. The van der Waals surface area contributed by atoms with Crippen LogP contribution in [0, 0.1) is 10.1 Å². The highest BCUT2D eigenvalue weighted by Crippen LogP contribution is 2.26. The molecule has 0 spiro atoms. The van der Waals surface area contributed by atoms with E-state index in [2.05, 4.69) is 20.0 Å². The van der Waals surface area contributed by atoms with Crippen LogP contribution in [-0.4, -0.2) is 32.5 Å². The summed E-state index contributed by atoms with van der Waals surface area (Å²) in [5.74, 6) is 0.200. The molecule has 0 saturated heterocycles. The summed E-state index contributed by atoms with van der Waals surface area (Å²) in [6, 6.07) is 8.39. The highest BCUT2D eigenvalue weighted by atomic mass is 16.6. The Morgan fingerprint density at radius 1 is 1.36 bits per heavy atom. The number of nitrogens with one attached hydrogen (secondary N) is 1. The SMILES string of the molecule is COC(=O)/C=C/c1ccc(NCc2ccc(-n3ccnc3)nc2)c([N+](=O)[O-])c1. The molecule has 0 aliphatic rings. The number of benzene rings is 1. The first-order valence-corrected chi connectivity index (χ1v) is 8.28. The quantitative estimate of drug-likeness (QED) is 0.291. The number of nitro benzene ring substituents is 1. The minimum absolute atomic E-state index is 0.0880. The zero-order chi connectivity index (χ0) is 19.9. The molecule has 1 aromatic carbocycles. The third-order valence-electron chi connectivity index (χ3n) is 3.89. The smallest absolute Gasteiger partial charge is 0.330 e. The Hall–Kier alpha value is -4.01. The molecular weight excluding hydrogens is 362 g/mol. The van der Waals surface area contributed by atoms with Gasteiger partial charge in [-0.25, -0.2) is 14.8 Å². The Bertz CT molecular complexity index is 998. The van der Waals surface area contributed by atoms with Crippen LogP contribution < -0.4 is 5.32 Å². The maximum absolute atomic E-state index is 11.4. The minimum Gasteiger partial charge on any atom is -0.466 e. The van der Waals surface area contributed by atoms with Crippen LogP contribution in [0.2, 0.25) is 0 Å². The van der Waals surface area contributed by atoms with Gasteiger partial charge >= 0.3 is 5.97 Å². The number of carbonyl (C=O) groups excluding carboxylic acids is 1. The molecule has 3 rings (SSSR count). The standard InChI is InChI=1S/C19H17N5O4/c1-28-19(25)7-4-14-2-5-16(17(10-14)24(26)27)21-11-15-3-6-18(22-12-15)23-9-8-20-13-23/h2-10,12-13,21H,11H2,1H3/b7-4+. The van der Waals surface area contributed by atoms with Crippen molar-refractivity contribution in [3.05, 3.63) is 82.6 Å². The average molecular weight is 379 g/mol. The van der Waals surface area contributed by atoms with Crippen molar-refractivity contribution in [2.24, 2.45) is 0 Å². The molecule has 1 N–H and O–H groups in total. The second-order valence-electron chi connectivity index (χ2n) is 5.74. The Labute approximate surface area is 160 Å². The number of esters is 1. The number of imidazole rings is 1. The first-order valence-electron chi connectivity index (χ1n) is 8.28. The maximum atomic E-state index is 11.4. The number of ether oxygens (including phenoxy) is 1. The van der Waals surface area contributed by atoms with Crippen molar-refractivity contribution in [3.8, 4) is 5.82 Å². The Morgan fingerprint density at radius 3 is 2.86 bits per heavy atom. The summed E-state index contributed by atoms with van der Waals surface area (Å²) in [6.07, 6.45) is 9.47.